The van der Waals surface area contributed by atoms with Crippen molar-refractivity contribution in [1.29, 1.82) is 0 Å². The fourth-order valence-electron chi connectivity index (χ4n) is 1.68. The highest BCUT2D eigenvalue weighted by atomic mass is 35.5. The molecule has 1 nitrogen and oxygen atoms in total. The maximum atomic E-state index is 13.3. The van der Waals surface area contributed by atoms with Crippen molar-refractivity contribution >= 4 is 11.6 Å². The van der Waals surface area contributed by atoms with Crippen LogP contribution in [0.3, 0.4) is 0 Å². The molecule has 0 unspecified atom stereocenters. The van der Waals surface area contributed by atoms with Gasteiger partial charge in [0.25, 0.3) is 0 Å². The zero-order valence-electron chi connectivity index (χ0n) is 8.90. The molecule has 1 saturated carbocycles. The van der Waals surface area contributed by atoms with E-state index in [0.717, 1.165) is 25.5 Å². The standard InChI is InChI=1S/C12H14ClF2N/c13-7-12(4-5-12)8-16-6-9-2-1-3-10(14)11(9)15/h1-3,16H,4-8H2. The Labute approximate surface area is 98.8 Å². The SMILES string of the molecule is Fc1cccc(CNCC2(CCl)CC2)c1F. The molecular weight excluding hydrogens is 232 g/mol. The molecular formula is C12H14ClF2N. The summed E-state index contributed by atoms with van der Waals surface area (Å²) < 4.78 is 26.2. The second kappa shape index (κ2) is 4.68. The van der Waals surface area contributed by atoms with Crippen LogP contribution in [-0.2, 0) is 6.54 Å². The molecule has 2 rings (SSSR count). The van der Waals surface area contributed by atoms with Crippen LogP contribution in [0.25, 0.3) is 0 Å². The highest BCUT2D eigenvalue weighted by Crippen LogP contribution is 2.45. The Morgan fingerprint density at radius 3 is 2.69 bits per heavy atom. The first-order chi connectivity index (χ1) is 7.67. The average Bonchev–Trinajstić information content (AvgIpc) is 3.05. The molecule has 0 atom stereocenters. The summed E-state index contributed by atoms with van der Waals surface area (Å²) in [5.41, 5.74) is 0.566. The monoisotopic (exact) mass is 245 g/mol. The van der Waals surface area contributed by atoms with Crippen molar-refractivity contribution in [3.63, 3.8) is 0 Å². The molecule has 0 aliphatic heterocycles. The van der Waals surface area contributed by atoms with Crippen molar-refractivity contribution in [2.45, 2.75) is 19.4 Å². The zero-order valence-corrected chi connectivity index (χ0v) is 9.66. The molecule has 0 bridgehead atoms. The van der Waals surface area contributed by atoms with Crippen molar-refractivity contribution in [2.75, 3.05) is 12.4 Å². The van der Waals surface area contributed by atoms with Gasteiger partial charge in [-0.25, -0.2) is 8.78 Å². The summed E-state index contributed by atoms with van der Waals surface area (Å²) in [5, 5.41) is 3.13. The minimum atomic E-state index is -0.794. The minimum absolute atomic E-state index is 0.200. The van der Waals surface area contributed by atoms with E-state index in [9.17, 15) is 8.78 Å². The first-order valence-corrected chi connectivity index (χ1v) is 5.90. The summed E-state index contributed by atoms with van der Waals surface area (Å²) in [6.45, 7) is 1.12. The zero-order chi connectivity index (χ0) is 11.6. The van der Waals surface area contributed by atoms with Gasteiger partial charge in [-0.15, -0.1) is 11.6 Å². The van der Waals surface area contributed by atoms with Gasteiger partial charge in [-0.1, -0.05) is 12.1 Å². The van der Waals surface area contributed by atoms with Crippen LogP contribution in [0, 0.1) is 17.0 Å². The smallest absolute Gasteiger partial charge is 0.163 e. The lowest BCUT2D eigenvalue weighted by Crippen LogP contribution is -2.25. The topological polar surface area (TPSA) is 12.0 Å². The predicted molar refractivity (Wildman–Crippen MR) is 60.5 cm³/mol. The van der Waals surface area contributed by atoms with E-state index in [4.69, 9.17) is 11.6 Å². The molecule has 0 heterocycles. The van der Waals surface area contributed by atoms with Crippen LogP contribution in [0.5, 0.6) is 0 Å². The Balaban J connectivity index is 1.88. The second-order valence-electron chi connectivity index (χ2n) is 4.45. The van der Waals surface area contributed by atoms with Crippen molar-refractivity contribution < 1.29 is 8.78 Å². The van der Waals surface area contributed by atoms with Gasteiger partial charge in [-0.3, -0.25) is 0 Å². The molecule has 1 aromatic carbocycles. The Morgan fingerprint density at radius 2 is 2.06 bits per heavy atom. The van der Waals surface area contributed by atoms with Crippen molar-refractivity contribution in [3.8, 4) is 0 Å². The molecule has 4 heteroatoms. The molecule has 0 spiro atoms. The van der Waals surface area contributed by atoms with Crippen LogP contribution in [0.15, 0.2) is 18.2 Å². The Bertz CT molecular complexity index is 377. The number of hydrogen-bond donors (Lipinski definition) is 1. The van der Waals surface area contributed by atoms with Crippen LogP contribution in [0.1, 0.15) is 18.4 Å². The van der Waals surface area contributed by atoms with Gasteiger partial charge < -0.3 is 5.32 Å². The second-order valence-corrected chi connectivity index (χ2v) is 4.72. The van der Waals surface area contributed by atoms with Gasteiger partial charge in [-0.05, 0) is 24.3 Å². The molecule has 0 radical (unpaired) electrons. The molecule has 16 heavy (non-hydrogen) atoms. The van der Waals surface area contributed by atoms with Crippen LogP contribution in [0.4, 0.5) is 8.78 Å². The lowest BCUT2D eigenvalue weighted by molar-refractivity contribution is 0.473. The van der Waals surface area contributed by atoms with E-state index in [-0.39, 0.29) is 5.41 Å². The van der Waals surface area contributed by atoms with E-state index >= 15 is 0 Å². The Kier molecular flexibility index (Phi) is 3.45. The third-order valence-corrected chi connectivity index (χ3v) is 3.65. The number of benzene rings is 1. The summed E-state index contributed by atoms with van der Waals surface area (Å²) in [5.74, 6) is -0.922. The van der Waals surface area contributed by atoms with Crippen LogP contribution in [-0.4, -0.2) is 12.4 Å². The Hall–Kier alpha value is -0.670. The maximum Gasteiger partial charge on any atom is 0.163 e. The third-order valence-electron chi connectivity index (χ3n) is 3.09. The number of halogens is 3. The van der Waals surface area contributed by atoms with E-state index in [1.54, 1.807) is 6.07 Å². The van der Waals surface area contributed by atoms with E-state index in [2.05, 4.69) is 5.32 Å². The predicted octanol–water partition coefficient (Wildman–Crippen LogP) is 3.07. The van der Waals surface area contributed by atoms with Gasteiger partial charge in [0.2, 0.25) is 0 Å². The van der Waals surface area contributed by atoms with E-state index in [1.165, 1.54) is 6.07 Å². The fourth-order valence-corrected chi connectivity index (χ4v) is 2.04. The van der Waals surface area contributed by atoms with Gasteiger partial charge in [0.05, 0.1) is 0 Å². The van der Waals surface area contributed by atoms with Crippen molar-refractivity contribution in [2.24, 2.45) is 5.41 Å². The quantitative estimate of drug-likeness (QED) is 0.787. The molecule has 1 aromatic rings. The third kappa shape index (κ3) is 2.53. The van der Waals surface area contributed by atoms with Gasteiger partial charge in [0.1, 0.15) is 0 Å². The summed E-state index contributed by atoms with van der Waals surface area (Å²) in [7, 11) is 0. The maximum absolute atomic E-state index is 13.3. The minimum Gasteiger partial charge on any atom is -0.312 e. The lowest BCUT2D eigenvalue weighted by atomic mass is 10.1. The van der Waals surface area contributed by atoms with Crippen LogP contribution in [0.2, 0.25) is 0 Å². The van der Waals surface area contributed by atoms with E-state index < -0.39 is 11.6 Å². The normalized spacial score (nSPS) is 17.4. The van der Waals surface area contributed by atoms with E-state index in [1.807, 2.05) is 0 Å². The van der Waals surface area contributed by atoms with Gasteiger partial charge in [0.15, 0.2) is 11.6 Å². The first kappa shape index (κ1) is 11.8. The van der Waals surface area contributed by atoms with Crippen LogP contribution < -0.4 is 5.32 Å². The lowest BCUT2D eigenvalue weighted by Gasteiger charge is -2.12. The van der Waals surface area contributed by atoms with Crippen molar-refractivity contribution in [1.82, 2.24) is 5.32 Å². The number of nitrogens with one attached hydrogen (secondary N) is 1. The molecule has 88 valence electrons. The number of hydrogen-bond acceptors (Lipinski definition) is 1. The fraction of sp³-hybridized carbons (Fsp3) is 0.500. The molecule has 0 amide bonds. The van der Waals surface area contributed by atoms with Crippen LogP contribution >= 0.6 is 11.6 Å². The van der Waals surface area contributed by atoms with Gasteiger partial charge in [0, 0.05) is 24.5 Å². The number of rotatable bonds is 5. The molecule has 1 fully saturated rings. The largest absolute Gasteiger partial charge is 0.312 e. The highest BCUT2D eigenvalue weighted by Gasteiger charge is 2.41. The molecule has 1 N–H and O–H groups in total. The van der Waals surface area contributed by atoms with Gasteiger partial charge >= 0.3 is 0 Å². The molecule has 1 aliphatic carbocycles. The summed E-state index contributed by atoms with van der Waals surface area (Å²) in [4.78, 5) is 0. The number of alkyl halides is 1. The highest BCUT2D eigenvalue weighted by molar-refractivity contribution is 6.18. The van der Waals surface area contributed by atoms with Gasteiger partial charge in [-0.2, -0.15) is 0 Å². The summed E-state index contributed by atoms with van der Waals surface area (Å²) >= 11 is 5.82. The molecule has 0 saturated heterocycles. The molecule has 1 aliphatic rings. The molecule has 0 aromatic heterocycles. The van der Waals surface area contributed by atoms with Crippen molar-refractivity contribution in [3.05, 3.63) is 35.4 Å². The summed E-state index contributed by atoms with van der Waals surface area (Å²) in [6.07, 6.45) is 2.24. The average molecular weight is 246 g/mol. The Morgan fingerprint density at radius 1 is 1.31 bits per heavy atom. The van der Waals surface area contributed by atoms with E-state index in [0.29, 0.717) is 18.0 Å². The summed E-state index contributed by atoms with van der Waals surface area (Å²) in [6, 6.07) is 4.23. The first-order valence-electron chi connectivity index (χ1n) is 5.36.